The minimum atomic E-state index is -0.905. The molecule has 1 atom stereocenters. The van der Waals surface area contributed by atoms with Crippen molar-refractivity contribution in [1.82, 2.24) is 5.32 Å². The number of nitrogens with one attached hydrogen (secondary N) is 1. The van der Waals surface area contributed by atoms with E-state index in [1.54, 1.807) is 7.05 Å². The van der Waals surface area contributed by atoms with Crippen molar-refractivity contribution in [1.29, 1.82) is 0 Å². The van der Waals surface area contributed by atoms with Gasteiger partial charge in [-0.2, -0.15) is 0 Å². The number of aliphatic hydroxyl groups is 1. The molecule has 0 aromatic heterocycles. The largest absolute Gasteiger partial charge is 0.387 e. The lowest BCUT2D eigenvalue weighted by atomic mass is 10.1. The van der Waals surface area contributed by atoms with Crippen molar-refractivity contribution < 1.29 is 13.9 Å². The van der Waals surface area contributed by atoms with Crippen LogP contribution in [0.25, 0.3) is 0 Å². The Bertz CT molecular complexity index is 310. The van der Waals surface area contributed by atoms with E-state index in [9.17, 15) is 13.9 Å². The van der Waals surface area contributed by atoms with Gasteiger partial charge in [0.05, 0.1) is 10.6 Å². The van der Waals surface area contributed by atoms with Gasteiger partial charge in [-0.3, -0.25) is 0 Å². The first kappa shape index (κ1) is 11.6. The molecule has 0 bridgehead atoms. The van der Waals surface area contributed by atoms with Gasteiger partial charge in [-0.15, -0.1) is 0 Å². The second kappa shape index (κ2) is 4.82. The average molecular weight is 266 g/mol. The van der Waals surface area contributed by atoms with Crippen molar-refractivity contribution in [2.75, 3.05) is 13.6 Å². The van der Waals surface area contributed by atoms with Gasteiger partial charge in [-0.1, -0.05) is 0 Å². The molecular weight excluding hydrogens is 256 g/mol. The highest BCUT2D eigenvalue weighted by Gasteiger charge is 2.13. The Kier molecular flexibility index (Phi) is 3.97. The fraction of sp³-hybridized carbons (Fsp3) is 0.333. The second-order valence-electron chi connectivity index (χ2n) is 2.87. The van der Waals surface area contributed by atoms with Gasteiger partial charge in [0.2, 0.25) is 0 Å². The number of halogens is 3. The molecule has 0 saturated carbocycles. The molecule has 78 valence electrons. The van der Waals surface area contributed by atoms with Gasteiger partial charge in [-0.25, -0.2) is 8.78 Å². The van der Waals surface area contributed by atoms with Crippen molar-refractivity contribution in [3.8, 4) is 0 Å². The van der Waals surface area contributed by atoms with E-state index < -0.39 is 17.7 Å². The number of hydrogen-bond donors (Lipinski definition) is 2. The Morgan fingerprint density at radius 3 is 2.36 bits per heavy atom. The quantitative estimate of drug-likeness (QED) is 0.820. The molecule has 0 aliphatic carbocycles. The Labute approximate surface area is 89.1 Å². The fourth-order valence-corrected chi connectivity index (χ4v) is 1.31. The molecule has 1 rings (SSSR count). The lowest BCUT2D eigenvalue weighted by Crippen LogP contribution is -2.17. The first-order valence-electron chi connectivity index (χ1n) is 4.03. The summed E-state index contributed by atoms with van der Waals surface area (Å²) >= 11 is 2.75. The highest BCUT2D eigenvalue weighted by Crippen LogP contribution is 2.24. The molecule has 0 radical (unpaired) electrons. The molecule has 0 saturated heterocycles. The van der Waals surface area contributed by atoms with Gasteiger partial charge in [0.15, 0.2) is 0 Å². The van der Waals surface area contributed by atoms with Crippen LogP contribution in [-0.4, -0.2) is 18.7 Å². The summed E-state index contributed by atoms with van der Waals surface area (Å²) in [4.78, 5) is 0. The van der Waals surface area contributed by atoms with Crippen LogP contribution >= 0.6 is 15.9 Å². The van der Waals surface area contributed by atoms with Crippen molar-refractivity contribution in [2.45, 2.75) is 6.10 Å². The summed E-state index contributed by atoms with van der Waals surface area (Å²) in [7, 11) is 1.65. The molecule has 1 aromatic carbocycles. The number of likely N-dealkylation sites (N-methyl/N-ethyl adjacent to an activating group) is 1. The molecule has 0 heterocycles. The maximum absolute atomic E-state index is 13.0. The molecule has 2 N–H and O–H groups in total. The van der Waals surface area contributed by atoms with E-state index >= 15 is 0 Å². The lowest BCUT2D eigenvalue weighted by molar-refractivity contribution is 0.177. The number of rotatable bonds is 3. The summed E-state index contributed by atoms with van der Waals surface area (Å²) < 4.78 is 25.8. The first-order chi connectivity index (χ1) is 6.56. The summed E-state index contributed by atoms with van der Waals surface area (Å²) in [6.45, 7) is 0.251. The molecule has 0 aliphatic rings. The van der Waals surface area contributed by atoms with E-state index in [2.05, 4.69) is 21.2 Å². The standard InChI is InChI=1S/C9H10BrF2NO/c1-13-4-8(14)5-2-6(11)9(10)7(12)3-5/h2-3,8,13-14H,4H2,1H3. The monoisotopic (exact) mass is 265 g/mol. The van der Waals surface area contributed by atoms with Crippen molar-refractivity contribution in [3.05, 3.63) is 33.8 Å². The third kappa shape index (κ3) is 2.50. The van der Waals surface area contributed by atoms with Crippen LogP contribution in [0.2, 0.25) is 0 Å². The molecule has 2 nitrogen and oxygen atoms in total. The first-order valence-corrected chi connectivity index (χ1v) is 4.82. The Hall–Kier alpha value is -0.520. The molecule has 1 aromatic rings. The van der Waals surface area contributed by atoms with E-state index in [0.29, 0.717) is 0 Å². The van der Waals surface area contributed by atoms with Crippen LogP contribution < -0.4 is 5.32 Å². The SMILES string of the molecule is CNCC(O)c1cc(F)c(Br)c(F)c1. The van der Waals surface area contributed by atoms with E-state index in [4.69, 9.17) is 0 Å². The third-order valence-electron chi connectivity index (χ3n) is 1.79. The van der Waals surface area contributed by atoms with Gasteiger partial charge < -0.3 is 10.4 Å². The van der Waals surface area contributed by atoms with Crippen LogP contribution in [-0.2, 0) is 0 Å². The van der Waals surface area contributed by atoms with Crippen molar-refractivity contribution >= 4 is 15.9 Å². The summed E-state index contributed by atoms with van der Waals surface area (Å²) in [5.74, 6) is -1.43. The van der Waals surface area contributed by atoms with Crippen molar-refractivity contribution in [3.63, 3.8) is 0 Å². The highest BCUT2D eigenvalue weighted by molar-refractivity contribution is 9.10. The molecule has 5 heteroatoms. The normalized spacial score (nSPS) is 12.9. The molecule has 14 heavy (non-hydrogen) atoms. The molecule has 1 unspecified atom stereocenters. The van der Waals surface area contributed by atoms with E-state index in [1.807, 2.05) is 0 Å². The van der Waals surface area contributed by atoms with Crippen LogP contribution in [0.5, 0.6) is 0 Å². The average Bonchev–Trinajstić information content (AvgIpc) is 2.13. The predicted octanol–water partition coefficient (Wildman–Crippen LogP) is 1.98. The Morgan fingerprint density at radius 1 is 1.43 bits per heavy atom. The summed E-state index contributed by atoms with van der Waals surface area (Å²) in [5.41, 5.74) is 0.220. The number of hydrogen-bond acceptors (Lipinski definition) is 2. The number of aliphatic hydroxyl groups excluding tert-OH is 1. The molecule has 0 fully saturated rings. The maximum atomic E-state index is 13.0. The van der Waals surface area contributed by atoms with Crippen LogP contribution in [0.4, 0.5) is 8.78 Å². The molecular formula is C9H10BrF2NO. The zero-order valence-electron chi connectivity index (χ0n) is 7.52. The van der Waals surface area contributed by atoms with Gasteiger partial charge in [0.1, 0.15) is 11.6 Å². The Morgan fingerprint density at radius 2 is 1.93 bits per heavy atom. The third-order valence-corrected chi connectivity index (χ3v) is 2.55. The minimum Gasteiger partial charge on any atom is -0.387 e. The van der Waals surface area contributed by atoms with Gasteiger partial charge in [-0.05, 0) is 40.7 Å². The zero-order valence-corrected chi connectivity index (χ0v) is 9.11. The fourth-order valence-electron chi connectivity index (χ4n) is 1.08. The topological polar surface area (TPSA) is 32.3 Å². The number of benzene rings is 1. The maximum Gasteiger partial charge on any atom is 0.140 e. The molecule has 0 aliphatic heterocycles. The summed E-state index contributed by atoms with van der Waals surface area (Å²) in [6, 6.07) is 2.21. The predicted molar refractivity (Wildman–Crippen MR) is 52.9 cm³/mol. The molecule has 0 amide bonds. The lowest BCUT2D eigenvalue weighted by Gasteiger charge is -2.11. The summed E-state index contributed by atoms with van der Waals surface area (Å²) in [6.07, 6.45) is -0.905. The highest BCUT2D eigenvalue weighted by atomic mass is 79.9. The van der Waals surface area contributed by atoms with E-state index in [1.165, 1.54) is 0 Å². The van der Waals surface area contributed by atoms with Crippen LogP contribution in [0, 0.1) is 11.6 Å². The van der Waals surface area contributed by atoms with Crippen LogP contribution in [0.1, 0.15) is 11.7 Å². The van der Waals surface area contributed by atoms with E-state index in [-0.39, 0.29) is 16.6 Å². The summed E-state index contributed by atoms with van der Waals surface area (Å²) in [5, 5.41) is 12.2. The smallest absolute Gasteiger partial charge is 0.140 e. The van der Waals surface area contributed by atoms with Gasteiger partial charge in [0, 0.05) is 6.54 Å². The Balaban J connectivity index is 3.00. The van der Waals surface area contributed by atoms with Gasteiger partial charge in [0.25, 0.3) is 0 Å². The minimum absolute atomic E-state index is 0.210. The van der Waals surface area contributed by atoms with Gasteiger partial charge >= 0.3 is 0 Å². The molecule has 0 spiro atoms. The van der Waals surface area contributed by atoms with Crippen LogP contribution in [0.3, 0.4) is 0 Å². The zero-order chi connectivity index (χ0) is 10.7. The van der Waals surface area contributed by atoms with E-state index in [0.717, 1.165) is 12.1 Å². The second-order valence-corrected chi connectivity index (χ2v) is 3.67. The van der Waals surface area contributed by atoms with Crippen molar-refractivity contribution in [2.24, 2.45) is 0 Å². The van der Waals surface area contributed by atoms with Crippen LogP contribution in [0.15, 0.2) is 16.6 Å².